The number of piperidine rings is 1. The third kappa shape index (κ3) is 6.53. The van der Waals surface area contributed by atoms with Crippen LogP contribution in [0.5, 0.6) is 11.5 Å². The maximum Gasteiger partial charge on any atom is 0.270 e. The van der Waals surface area contributed by atoms with E-state index in [1.54, 1.807) is 19.2 Å². The lowest BCUT2D eigenvalue weighted by Crippen LogP contribution is -2.49. The smallest absolute Gasteiger partial charge is 0.270 e. The molecule has 1 saturated carbocycles. The van der Waals surface area contributed by atoms with E-state index in [-0.39, 0.29) is 36.0 Å². The summed E-state index contributed by atoms with van der Waals surface area (Å²) >= 11 is 0. The van der Waals surface area contributed by atoms with Crippen LogP contribution in [0.25, 0.3) is 10.9 Å². The first kappa shape index (κ1) is 26.4. The number of aromatic nitrogens is 1. The number of para-hydroxylation sites is 1. The zero-order chi connectivity index (χ0) is 25.5. The molecule has 0 unspecified atom stereocenters. The number of ether oxygens (including phenoxy) is 3. The number of Topliss-reactive ketones (excluding diaryl/α,β-unsaturated/α-hetero) is 1. The van der Waals surface area contributed by atoms with E-state index in [1.165, 1.54) is 0 Å². The monoisotopic (exact) mass is 497 g/mol. The number of rotatable bonds is 11. The molecular weight excluding hydrogens is 458 g/mol. The van der Waals surface area contributed by atoms with Gasteiger partial charge in [0.05, 0.1) is 6.61 Å². The number of methoxy groups -OCH3 is 1. The molecule has 8 heteroatoms. The number of hydrogen-bond acceptors (Lipinski definition) is 7. The van der Waals surface area contributed by atoms with Gasteiger partial charge >= 0.3 is 0 Å². The Morgan fingerprint density at radius 1 is 1.08 bits per heavy atom. The number of fused-ring (bicyclic) bond motifs is 1. The van der Waals surface area contributed by atoms with Gasteiger partial charge in [0.1, 0.15) is 35.9 Å². The van der Waals surface area contributed by atoms with Gasteiger partial charge in [-0.2, -0.15) is 0 Å². The zero-order valence-electron chi connectivity index (χ0n) is 21.8. The van der Waals surface area contributed by atoms with Crippen molar-refractivity contribution < 1.29 is 23.8 Å². The summed E-state index contributed by atoms with van der Waals surface area (Å²) in [5.41, 5.74) is 0.791. The summed E-state index contributed by atoms with van der Waals surface area (Å²) in [6.07, 6.45) is 6.07. The number of amides is 1. The minimum absolute atomic E-state index is 0.00879. The quantitative estimate of drug-likeness (QED) is 0.469. The normalized spacial score (nSPS) is 19.1. The van der Waals surface area contributed by atoms with Crippen LogP contribution in [-0.2, 0) is 9.53 Å². The minimum atomic E-state index is -0.235. The second kappa shape index (κ2) is 12.5. The van der Waals surface area contributed by atoms with Crippen molar-refractivity contribution in [2.24, 2.45) is 5.92 Å². The van der Waals surface area contributed by atoms with Crippen molar-refractivity contribution in [3.63, 3.8) is 0 Å². The molecule has 1 saturated heterocycles. The SMILES string of the molecule is COCCOc1cc(C(=O)N[C@@H]2CCCN(C(C)C)C2)nc2c(OCC(=O)C3CCCC3)cccc12. The Labute approximate surface area is 213 Å². The highest BCUT2D eigenvalue weighted by Gasteiger charge is 2.26. The Bertz CT molecular complexity index is 1050. The van der Waals surface area contributed by atoms with E-state index in [4.69, 9.17) is 14.2 Å². The molecule has 2 aliphatic rings. The molecule has 0 bridgehead atoms. The Kier molecular flexibility index (Phi) is 9.15. The summed E-state index contributed by atoms with van der Waals surface area (Å²) in [6, 6.07) is 7.73. The van der Waals surface area contributed by atoms with Crippen molar-refractivity contribution >= 4 is 22.6 Å². The average molecular weight is 498 g/mol. The molecule has 2 aromatic rings. The third-order valence-electron chi connectivity index (χ3n) is 7.24. The molecule has 0 spiro atoms. The highest BCUT2D eigenvalue weighted by molar-refractivity contribution is 5.98. The van der Waals surface area contributed by atoms with Crippen LogP contribution in [0.4, 0.5) is 0 Å². The van der Waals surface area contributed by atoms with Gasteiger partial charge in [0, 0.05) is 43.1 Å². The fourth-order valence-corrected chi connectivity index (χ4v) is 5.15. The molecule has 4 rings (SSSR count). The zero-order valence-corrected chi connectivity index (χ0v) is 21.8. The van der Waals surface area contributed by atoms with Gasteiger partial charge in [-0.25, -0.2) is 4.98 Å². The highest BCUT2D eigenvalue weighted by Crippen LogP contribution is 2.32. The van der Waals surface area contributed by atoms with Crippen LogP contribution in [0, 0.1) is 5.92 Å². The van der Waals surface area contributed by atoms with Gasteiger partial charge in [0.2, 0.25) is 0 Å². The van der Waals surface area contributed by atoms with Crippen molar-refractivity contribution in [3.05, 3.63) is 30.0 Å². The van der Waals surface area contributed by atoms with Crippen molar-refractivity contribution in [1.82, 2.24) is 15.2 Å². The molecule has 0 radical (unpaired) electrons. The Balaban J connectivity index is 1.57. The van der Waals surface area contributed by atoms with Gasteiger partial charge in [-0.3, -0.25) is 14.5 Å². The number of pyridine rings is 1. The topological polar surface area (TPSA) is 90.0 Å². The molecule has 1 atom stereocenters. The largest absolute Gasteiger partial charge is 0.490 e. The summed E-state index contributed by atoms with van der Waals surface area (Å²) in [5, 5.41) is 3.90. The molecule has 1 aromatic carbocycles. The maximum atomic E-state index is 13.3. The van der Waals surface area contributed by atoms with Crippen LogP contribution in [0.15, 0.2) is 24.3 Å². The van der Waals surface area contributed by atoms with Crippen LogP contribution in [0.1, 0.15) is 62.9 Å². The summed E-state index contributed by atoms with van der Waals surface area (Å²) in [5.74, 6) is 1.00. The van der Waals surface area contributed by atoms with E-state index < -0.39 is 0 Å². The molecule has 1 amide bonds. The summed E-state index contributed by atoms with van der Waals surface area (Å²) in [7, 11) is 1.62. The molecule has 196 valence electrons. The average Bonchev–Trinajstić information content (AvgIpc) is 3.42. The lowest BCUT2D eigenvalue weighted by atomic mass is 10.0. The highest BCUT2D eigenvalue weighted by atomic mass is 16.5. The van der Waals surface area contributed by atoms with Crippen molar-refractivity contribution in [2.75, 3.05) is 40.0 Å². The number of carbonyl (C=O) groups is 2. The molecule has 36 heavy (non-hydrogen) atoms. The number of ketones is 1. The Hall–Kier alpha value is -2.71. The van der Waals surface area contributed by atoms with Crippen LogP contribution in [0.2, 0.25) is 0 Å². The van der Waals surface area contributed by atoms with Crippen LogP contribution >= 0.6 is 0 Å². The predicted octanol–water partition coefficient (Wildman–Crippen LogP) is 4.00. The molecule has 1 aliphatic heterocycles. The fourth-order valence-electron chi connectivity index (χ4n) is 5.15. The first-order valence-electron chi connectivity index (χ1n) is 13.2. The summed E-state index contributed by atoms with van der Waals surface area (Å²) in [6.45, 7) is 7.00. The van der Waals surface area contributed by atoms with E-state index in [0.717, 1.165) is 57.0 Å². The number of likely N-dealkylation sites (tertiary alicyclic amines) is 1. The van der Waals surface area contributed by atoms with Crippen molar-refractivity contribution in [3.8, 4) is 11.5 Å². The fraction of sp³-hybridized carbons (Fsp3) is 0.607. The molecule has 8 nitrogen and oxygen atoms in total. The Morgan fingerprint density at radius 3 is 2.64 bits per heavy atom. The van der Waals surface area contributed by atoms with Gasteiger partial charge in [-0.05, 0) is 58.2 Å². The summed E-state index contributed by atoms with van der Waals surface area (Å²) < 4.78 is 17.1. The molecule has 2 heterocycles. The van der Waals surface area contributed by atoms with E-state index in [9.17, 15) is 9.59 Å². The molecule has 1 aliphatic carbocycles. The first-order valence-corrected chi connectivity index (χ1v) is 13.2. The van der Waals surface area contributed by atoms with Crippen LogP contribution < -0.4 is 14.8 Å². The first-order chi connectivity index (χ1) is 17.5. The maximum absolute atomic E-state index is 13.3. The number of nitrogens with zero attached hydrogens (tertiary/aromatic N) is 2. The second-order valence-corrected chi connectivity index (χ2v) is 10.1. The number of carbonyl (C=O) groups excluding carboxylic acids is 2. The lowest BCUT2D eigenvalue weighted by molar-refractivity contribution is -0.124. The predicted molar refractivity (Wildman–Crippen MR) is 139 cm³/mol. The van der Waals surface area contributed by atoms with Gasteiger partial charge in [0.15, 0.2) is 5.78 Å². The number of nitrogens with one attached hydrogen (secondary N) is 1. The standard InChI is InChI=1S/C28H39N3O5/c1-19(2)31-13-7-10-21(17-31)29-28(33)23-16-26(35-15-14-34-3)22-11-6-12-25(27(22)30-23)36-18-24(32)20-8-4-5-9-20/h6,11-12,16,19-21H,4-5,7-10,13-15,17-18H2,1-3H3,(H,29,33)/t21-/m1/s1. The molecule has 1 aromatic heterocycles. The van der Waals surface area contributed by atoms with Gasteiger partial charge in [-0.1, -0.05) is 18.9 Å². The molecule has 2 fully saturated rings. The minimum Gasteiger partial charge on any atom is -0.490 e. The second-order valence-electron chi connectivity index (χ2n) is 10.1. The van der Waals surface area contributed by atoms with Crippen LogP contribution in [-0.4, -0.2) is 73.7 Å². The van der Waals surface area contributed by atoms with Crippen LogP contribution in [0.3, 0.4) is 0 Å². The molecular formula is C28H39N3O5. The van der Waals surface area contributed by atoms with E-state index >= 15 is 0 Å². The van der Waals surface area contributed by atoms with Gasteiger partial charge in [0.25, 0.3) is 5.91 Å². The van der Waals surface area contributed by atoms with Crippen molar-refractivity contribution in [2.45, 2.75) is 64.5 Å². The van der Waals surface area contributed by atoms with E-state index in [2.05, 4.69) is 29.0 Å². The Morgan fingerprint density at radius 2 is 1.89 bits per heavy atom. The van der Waals surface area contributed by atoms with Gasteiger partial charge in [-0.15, -0.1) is 0 Å². The summed E-state index contributed by atoms with van der Waals surface area (Å²) in [4.78, 5) is 33.0. The van der Waals surface area contributed by atoms with Crippen molar-refractivity contribution in [1.29, 1.82) is 0 Å². The lowest BCUT2D eigenvalue weighted by Gasteiger charge is -2.35. The number of hydrogen-bond donors (Lipinski definition) is 1. The van der Waals surface area contributed by atoms with Gasteiger partial charge < -0.3 is 19.5 Å². The molecule has 1 N–H and O–H groups in total. The van der Waals surface area contributed by atoms with E-state index in [1.807, 2.05) is 12.1 Å². The number of benzene rings is 1. The van der Waals surface area contributed by atoms with E-state index in [0.29, 0.717) is 36.3 Å². The third-order valence-corrected chi connectivity index (χ3v) is 7.24.